The predicted octanol–water partition coefficient (Wildman–Crippen LogP) is 2.90. The van der Waals surface area contributed by atoms with Gasteiger partial charge in [-0.15, -0.1) is 0 Å². The van der Waals surface area contributed by atoms with Gasteiger partial charge in [0.2, 0.25) is 0 Å². The highest BCUT2D eigenvalue weighted by atomic mass is 16.6. The monoisotopic (exact) mass is 261 g/mol. The second-order valence-corrected chi connectivity index (χ2v) is 6.12. The van der Waals surface area contributed by atoms with E-state index in [4.69, 9.17) is 4.74 Å². The highest BCUT2D eigenvalue weighted by Gasteiger charge is 2.42. The Balaban J connectivity index is 2.36. The molecule has 1 aromatic rings. The SMILES string of the molecule is CC(C)(C)OC(=O)N1CC(C)(C=O)c2ccccc21. The first-order valence-corrected chi connectivity index (χ1v) is 6.33. The van der Waals surface area contributed by atoms with Gasteiger partial charge in [0, 0.05) is 6.54 Å². The van der Waals surface area contributed by atoms with Crippen molar-refractivity contribution in [3.05, 3.63) is 29.8 Å². The van der Waals surface area contributed by atoms with Crippen molar-refractivity contribution in [2.24, 2.45) is 0 Å². The van der Waals surface area contributed by atoms with Crippen molar-refractivity contribution in [1.29, 1.82) is 0 Å². The van der Waals surface area contributed by atoms with E-state index >= 15 is 0 Å². The molecule has 0 saturated carbocycles. The normalized spacial score (nSPS) is 22.0. The first-order chi connectivity index (χ1) is 8.77. The quantitative estimate of drug-likeness (QED) is 0.730. The van der Waals surface area contributed by atoms with Crippen LogP contribution < -0.4 is 4.90 Å². The lowest BCUT2D eigenvalue weighted by Gasteiger charge is -2.25. The summed E-state index contributed by atoms with van der Waals surface area (Å²) in [5.74, 6) is 0. The predicted molar refractivity (Wildman–Crippen MR) is 73.4 cm³/mol. The number of amides is 1. The first kappa shape index (κ1) is 13.6. The minimum atomic E-state index is -0.659. The second kappa shape index (κ2) is 4.37. The van der Waals surface area contributed by atoms with Gasteiger partial charge in [-0.1, -0.05) is 18.2 Å². The Labute approximate surface area is 113 Å². The fraction of sp³-hybridized carbons (Fsp3) is 0.467. The van der Waals surface area contributed by atoms with E-state index in [0.717, 1.165) is 17.5 Å². The zero-order valence-corrected chi connectivity index (χ0v) is 11.8. The fourth-order valence-electron chi connectivity index (χ4n) is 2.27. The molecule has 1 amide bonds. The van der Waals surface area contributed by atoms with Crippen LogP contribution in [0.3, 0.4) is 0 Å². The molecule has 0 aliphatic carbocycles. The van der Waals surface area contributed by atoms with Gasteiger partial charge in [-0.3, -0.25) is 4.90 Å². The minimum absolute atomic E-state index is 0.324. The molecule has 2 rings (SSSR count). The number of carbonyl (C=O) groups is 2. The Morgan fingerprint density at radius 3 is 2.58 bits per heavy atom. The maximum atomic E-state index is 12.2. The number of hydrogen-bond acceptors (Lipinski definition) is 3. The van der Waals surface area contributed by atoms with Crippen molar-refractivity contribution < 1.29 is 14.3 Å². The van der Waals surface area contributed by atoms with Gasteiger partial charge in [0.05, 0.1) is 11.1 Å². The van der Waals surface area contributed by atoms with Gasteiger partial charge in [0.25, 0.3) is 0 Å². The smallest absolute Gasteiger partial charge is 0.414 e. The van der Waals surface area contributed by atoms with E-state index < -0.39 is 17.1 Å². The zero-order valence-electron chi connectivity index (χ0n) is 11.8. The van der Waals surface area contributed by atoms with Gasteiger partial charge < -0.3 is 9.53 Å². The molecule has 19 heavy (non-hydrogen) atoms. The lowest BCUT2D eigenvalue weighted by Crippen LogP contribution is -2.39. The summed E-state index contributed by atoms with van der Waals surface area (Å²) >= 11 is 0. The third kappa shape index (κ3) is 2.48. The Morgan fingerprint density at radius 2 is 2.00 bits per heavy atom. The van der Waals surface area contributed by atoms with Crippen LogP contribution in [0.5, 0.6) is 0 Å². The van der Waals surface area contributed by atoms with E-state index in [1.54, 1.807) is 0 Å². The number of hydrogen-bond donors (Lipinski definition) is 0. The van der Waals surface area contributed by atoms with Crippen LogP contribution in [0.25, 0.3) is 0 Å². The van der Waals surface area contributed by atoms with E-state index in [2.05, 4.69) is 0 Å². The summed E-state index contributed by atoms with van der Waals surface area (Å²) < 4.78 is 5.39. The van der Waals surface area contributed by atoms with Crippen LogP contribution in [0.1, 0.15) is 33.3 Å². The molecule has 4 nitrogen and oxygen atoms in total. The summed E-state index contributed by atoms with van der Waals surface area (Å²) in [5.41, 5.74) is 0.418. The molecule has 102 valence electrons. The summed E-state index contributed by atoms with van der Waals surface area (Å²) in [6.07, 6.45) is 0.487. The van der Waals surface area contributed by atoms with E-state index in [0.29, 0.717) is 6.54 Å². The van der Waals surface area contributed by atoms with Gasteiger partial charge in [0.1, 0.15) is 11.9 Å². The Kier molecular flexibility index (Phi) is 3.12. The van der Waals surface area contributed by atoms with Crippen molar-refractivity contribution in [3.63, 3.8) is 0 Å². The van der Waals surface area contributed by atoms with Crippen LogP contribution in [0.4, 0.5) is 10.5 Å². The number of rotatable bonds is 1. The number of carbonyl (C=O) groups excluding carboxylic acids is 2. The Hall–Kier alpha value is -1.84. The maximum Gasteiger partial charge on any atom is 0.414 e. The number of fused-ring (bicyclic) bond motifs is 1. The molecule has 0 fully saturated rings. The summed E-state index contributed by atoms with van der Waals surface area (Å²) in [5, 5.41) is 0. The van der Waals surface area contributed by atoms with Gasteiger partial charge in [-0.05, 0) is 39.3 Å². The molecule has 1 aliphatic heterocycles. The minimum Gasteiger partial charge on any atom is -0.443 e. The molecule has 0 radical (unpaired) electrons. The number of nitrogens with zero attached hydrogens (tertiary/aromatic N) is 1. The molecule has 4 heteroatoms. The molecule has 0 bridgehead atoms. The third-order valence-corrected chi connectivity index (χ3v) is 3.17. The van der Waals surface area contributed by atoms with E-state index in [-0.39, 0.29) is 0 Å². The second-order valence-electron chi connectivity index (χ2n) is 6.12. The summed E-state index contributed by atoms with van der Waals surface area (Å²) in [6, 6.07) is 7.45. The number of ether oxygens (including phenoxy) is 1. The molecule has 0 aromatic heterocycles. The molecule has 0 N–H and O–H groups in total. The number of anilines is 1. The van der Waals surface area contributed by atoms with Crippen molar-refractivity contribution >= 4 is 18.1 Å². The molecule has 1 unspecified atom stereocenters. The van der Waals surface area contributed by atoms with Crippen molar-refractivity contribution in [2.45, 2.75) is 38.7 Å². The van der Waals surface area contributed by atoms with Crippen LogP contribution in [0.2, 0.25) is 0 Å². The molecule has 1 heterocycles. The van der Waals surface area contributed by atoms with Crippen LogP contribution >= 0.6 is 0 Å². The topological polar surface area (TPSA) is 46.6 Å². The van der Waals surface area contributed by atoms with Gasteiger partial charge >= 0.3 is 6.09 Å². The van der Waals surface area contributed by atoms with Crippen LogP contribution in [0, 0.1) is 0 Å². The van der Waals surface area contributed by atoms with Gasteiger partial charge in [-0.25, -0.2) is 4.79 Å². The maximum absolute atomic E-state index is 12.2. The zero-order chi connectivity index (χ0) is 14.3. The Morgan fingerprint density at radius 1 is 1.37 bits per heavy atom. The molecule has 0 saturated heterocycles. The first-order valence-electron chi connectivity index (χ1n) is 6.33. The third-order valence-electron chi connectivity index (χ3n) is 3.17. The van der Waals surface area contributed by atoms with Gasteiger partial charge in [0.15, 0.2) is 0 Å². The number of aldehydes is 1. The lowest BCUT2D eigenvalue weighted by atomic mass is 9.86. The molecule has 1 aliphatic rings. The van der Waals surface area contributed by atoms with Crippen LogP contribution in [0.15, 0.2) is 24.3 Å². The summed E-state index contributed by atoms with van der Waals surface area (Å²) in [4.78, 5) is 25.1. The van der Waals surface area contributed by atoms with Crippen molar-refractivity contribution in [2.75, 3.05) is 11.4 Å². The molecule has 1 aromatic carbocycles. The molecular formula is C15H19NO3. The highest BCUT2D eigenvalue weighted by molar-refractivity contribution is 5.95. The van der Waals surface area contributed by atoms with E-state index in [1.165, 1.54) is 4.90 Å². The number of para-hydroxylation sites is 1. The van der Waals surface area contributed by atoms with Crippen LogP contribution in [-0.2, 0) is 14.9 Å². The average molecular weight is 261 g/mol. The average Bonchev–Trinajstić information content (AvgIpc) is 2.63. The van der Waals surface area contributed by atoms with Gasteiger partial charge in [-0.2, -0.15) is 0 Å². The van der Waals surface area contributed by atoms with E-state index in [9.17, 15) is 9.59 Å². The van der Waals surface area contributed by atoms with Crippen LogP contribution in [-0.4, -0.2) is 24.5 Å². The molecule has 0 spiro atoms. The Bertz CT molecular complexity index is 518. The number of benzene rings is 1. The molecular weight excluding hydrogens is 242 g/mol. The van der Waals surface area contributed by atoms with Crippen molar-refractivity contribution in [1.82, 2.24) is 0 Å². The molecule has 1 atom stereocenters. The standard InChI is InChI=1S/C15H19NO3/c1-14(2,3)19-13(18)16-9-15(4,10-17)11-7-5-6-8-12(11)16/h5-8,10H,9H2,1-4H3. The summed E-state index contributed by atoms with van der Waals surface area (Å²) in [6.45, 7) is 7.64. The largest absolute Gasteiger partial charge is 0.443 e. The summed E-state index contributed by atoms with van der Waals surface area (Å²) in [7, 11) is 0. The van der Waals surface area contributed by atoms with E-state index in [1.807, 2.05) is 52.0 Å². The van der Waals surface area contributed by atoms with Crippen molar-refractivity contribution in [3.8, 4) is 0 Å². The lowest BCUT2D eigenvalue weighted by molar-refractivity contribution is -0.111. The highest BCUT2D eigenvalue weighted by Crippen LogP contribution is 2.39. The fourth-order valence-corrected chi connectivity index (χ4v) is 2.27.